The molecule has 0 amide bonds. The van der Waals surface area contributed by atoms with E-state index in [1.54, 1.807) is 18.3 Å². The molecule has 3 heteroatoms. The number of ketones is 1. The standard InChI is InChI=1S/C17H14ClNO/c1-2-11-6-5-8-12-14(10-19-16(11)12)17(20)13-7-3-4-9-15(13)18/h3-10,19H,2H2,1H3. The number of aromatic nitrogens is 1. The molecule has 1 N–H and O–H groups in total. The first-order valence-corrected chi connectivity index (χ1v) is 6.98. The van der Waals surface area contributed by atoms with Crippen molar-refractivity contribution in [3.05, 3.63) is 70.4 Å². The van der Waals surface area contributed by atoms with Crippen LogP contribution in [0.15, 0.2) is 48.7 Å². The van der Waals surface area contributed by atoms with Gasteiger partial charge in [-0.15, -0.1) is 0 Å². The number of para-hydroxylation sites is 1. The van der Waals surface area contributed by atoms with Crippen LogP contribution < -0.4 is 0 Å². The van der Waals surface area contributed by atoms with E-state index in [1.807, 2.05) is 24.3 Å². The molecule has 3 aromatic rings. The van der Waals surface area contributed by atoms with Crippen molar-refractivity contribution in [2.45, 2.75) is 13.3 Å². The topological polar surface area (TPSA) is 32.9 Å². The summed E-state index contributed by atoms with van der Waals surface area (Å²) >= 11 is 6.11. The van der Waals surface area contributed by atoms with Crippen LogP contribution in [-0.4, -0.2) is 10.8 Å². The van der Waals surface area contributed by atoms with Crippen molar-refractivity contribution in [2.75, 3.05) is 0 Å². The molecule has 2 aromatic carbocycles. The molecule has 100 valence electrons. The van der Waals surface area contributed by atoms with E-state index in [1.165, 1.54) is 5.56 Å². The molecule has 0 radical (unpaired) electrons. The van der Waals surface area contributed by atoms with E-state index < -0.39 is 0 Å². The first-order chi connectivity index (χ1) is 9.72. The minimum Gasteiger partial charge on any atom is -0.360 e. The molecular formula is C17H14ClNO. The predicted molar refractivity (Wildman–Crippen MR) is 82.6 cm³/mol. The summed E-state index contributed by atoms with van der Waals surface area (Å²) in [6.45, 7) is 2.10. The molecule has 0 aliphatic heterocycles. The van der Waals surface area contributed by atoms with E-state index in [4.69, 9.17) is 11.6 Å². The van der Waals surface area contributed by atoms with Crippen LogP contribution in [-0.2, 0) is 6.42 Å². The average molecular weight is 284 g/mol. The molecule has 3 rings (SSSR count). The molecule has 0 aliphatic rings. The van der Waals surface area contributed by atoms with Crippen LogP contribution in [0.1, 0.15) is 28.4 Å². The number of halogens is 1. The van der Waals surface area contributed by atoms with Gasteiger partial charge in [0.15, 0.2) is 5.78 Å². The van der Waals surface area contributed by atoms with Gasteiger partial charge in [0.25, 0.3) is 0 Å². The van der Waals surface area contributed by atoms with Gasteiger partial charge in [0.1, 0.15) is 0 Å². The van der Waals surface area contributed by atoms with E-state index in [-0.39, 0.29) is 5.78 Å². The molecule has 20 heavy (non-hydrogen) atoms. The van der Waals surface area contributed by atoms with E-state index in [0.717, 1.165) is 17.3 Å². The predicted octanol–water partition coefficient (Wildman–Crippen LogP) is 4.61. The largest absolute Gasteiger partial charge is 0.360 e. The summed E-state index contributed by atoms with van der Waals surface area (Å²) in [7, 11) is 0. The van der Waals surface area contributed by atoms with Crippen molar-refractivity contribution in [3.63, 3.8) is 0 Å². The third kappa shape index (κ3) is 2.02. The molecule has 0 saturated heterocycles. The van der Waals surface area contributed by atoms with Gasteiger partial charge in [-0.3, -0.25) is 4.79 Å². The number of H-pyrrole nitrogens is 1. The minimum atomic E-state index is -0.0462. The van der Waals surface area contributed by atoms with Crippen LogP contribution in [0, 0.1) is 0 Å². The van der Waals surface area contributed by atoms with Crippen molar-refractivity contribution < 1.29 is 4.79 Å². The van der Waals surface area contributed by atoms with Crippen molar-refractivity contribution >= 4 is 28.3 Å². The normalized spacial score (nSPS) is 10.9. The van der Waals surface area contributed by atoms with Gasteiger partial charge in [-0.05, 0) is 24.1 Å². The fourth-order valence-corrected chi connectivity index (χ4v) is 2.71. The first kappa shape index (κ1) is 12.9. The second-order valence-corrected chi connectivity index (χ2v) is 5.11. The lowest BCUT2D eigenvalue weighted by Gasteiger charge is -2.03. The van der Waals surface area contributed by atoms with Gasteiger partial charge in [0.2, 0.25) is 0 Å². The van der Waals surface area contributed by atoms with Crippen molar-refractivity contribution in [1.29, 1.82) is 0 Å². The highest BCUT2D eigenvalue weighted by Crippen LogP contribution is 2.26. The van der Waals surface area contributed by atoms with Gasteiger partial charge in [-0.25, -0.2) is 0 Å². The van der Waals surface area contributed by atoms with Gasteiger partial charge >= 0.3 is 0 Å². The number of aryl methyl sites for hydroxylation is 1. The van der Waals surface area contributed by atoms with E-state index >= 15 is 0 Å². The lowest BCUT2D eigenvalue weighted by Crippen LogP contribution is -2.01. The maximum atomic E-state index is 12.6. The number of rotatable bonds is 3. The average Bonchev–Trinajstić information content (AvgIpc) is 2.91. The van der Waals surface area contributed by atoms with E-state index in [9.17, 15) is 4.79 Å². The maximum absolute atomic E-state index is 12.6. The summed E-state index contributed by atoms with van der Waals surface area (Å²) in [6, 6.07) is 13.2. The SMILES string of the molecule is CCc1cccc2c(C(=O)c3ccccc3Cl)c[nH]c12. The Hall–Kier alpha value is -2.06. The molecule has 0 spiro atoms. The molecule has 0 fully saturated rings. The Labute approximate surface area is 122 Å². The molecular weight excluding hydrogens is 270 g/mol. The summed E-state index contributed by atoms with van der Waals surface area (Å²) in [5, 5.41) is 1.44. The summed E-state index contributed by atoms with van der Waals surface area (Å²) in [5.41, 5.74) is 3.45. The van der Waals surface area contributed by atoms with Crippen LogP contribution in [0.5, 0.6) is 0 Å². The molecule has 2 nitrogen and oxygen atoms in total. The van der Waals surface area contributed by atoms with Crippen LogP contribution in [0.25, 0.3) is 10.9 Å². The molecule has 0 atom stereocenters. The molecule has 0 bridgehead atoms. The monoisotopic (exact) mass is 283 g/mol. The number of fused-ring (bicyclic) bond motifs is 1. The zero-order valence-corrected chi connectivity index (χ0v) is 11.9. The quantitative estimate of drug-likeness (QED) is 0.699. The summed E-state index contributed by atoms with van der Waals surface area (Å²) in [4.78, 5) is 15.9. The molecule has 0 unspecified atom stereocenters. The molecule has 1 heterocycles. The minimum absolute atomic E-state index is 0.0462. The van der Waals surface area contributed by atoms with Gasteiger partial charge in [0, 0.05) is 28.2 Å². The Morgan fingerprint density at radius 3 is 2.65 bits per heavy atom. The van der Waals surface area contributed by atoms with Crippen LogP contribution >= 0.6 is 11.6 Å². The zero-order valence-electron chi connectivity index (χ0n) is 11.1. The van der Waals surface area contributed by atoms with Crippen molar-refractivity contribution in [2.24, 2.45) is 0 Å². The Bertz CT molecular complexity index is 789. The second kappa shape index (κ2) is 5.14. The first-order valence-electron chi connectivity index (χ1n) is 6.60. The highest BCUT2D eigenvalue weighted by molar-refractivity contribution is 6.35. The van der Waals surface area contributed by atoms with Crippen LogP contribution in [0.4, 0.5) is 0 Å². The molecule has 1 aromatic heterocycles. The van der Waals surface area contributed by atoms with Gasteiger partial charge < -0.3 is 4.98 Å². The Morgan fingerprint density at radius 2 is 1.90 bits per heavy atom. The maximum Gasteiger partial charge on any atom is 0.196 e. The van der Waals surface area contributed by atoms with Gasteiger partial charge in [-0.1, -0.05) is 48.9 Å². The van der Waals surface area contributed by atoms with Gasteiger partial charge in [0.05, 0.1) is 5.02 Å². The molecule has 0 aliphatic carbocycles. The smallest absolute Gasteiger partial charge is 0.196 e. The van der Waals surface area contributed by atoms with Crippen LogP contribution in [0.3, 0.4) is 0 Å². The summed E-state index contributed by atoms with van der Waals surface area (Å²) < 4.78 is 0. The highest BCUT2D eigenvalue weighted by atomic mass is 35.5. The fraction of sp³-hybridized carbons (Fsp3) is 0.118. The highest BCUT2D eigenvalue weighted by Gasteiger charge is 2.17. The number of hydrogen-bond donors (Lipinski definition) is 1. The zero-order chi connectivity index (χ0) is 14.1. The lowest BCUT2D eigenvalue weighted by atomic mass is 10.0. The Balaban J connectivity index is 2.16. The number of carbonyl (C=O) groups is 1. The van der Waals surface area contributed by atoms with E-state index in [0.29, 0.717) is 16.1 Å². The third-order valence-electron chi connectivity index (χ3n) is 3.55. The third-order valence-corrected chi connectivity index (χ3v) is 3.88. The Morgan fingerprint density at radius 1 is 1.10 bits per heavy atom. The summed E-state index contributed by atoms with van der Waals surface area (Å²) in [5.74, 6) is -0.0462. The fourth-order valence-electron chi connectivity index (χ4n) is 2.49. The Kier molecular flexibility index (Phi) is 3.33. The number of nitrogens with one attached hydrogen (secondary N) is 1. The van der Waals surface area contributed by atoms with Crippen molar-refractivity contribution in [1.82, 2.24) is 4.98 Å². The van der Waals surface area contributed by atoms with Crippen molar-refractivity contribution in [3.8, 4) is 0 Å². The van der Waals surface area contributed by atoms with Gasteiger partial charge in [-0.2, -0.15) is 0 Å². The number of aromatic amines is 1. The number of benzene rings is 2. The molecule has 0 saturated carbocycles. The number of carbonyl (C=O) groups excluding carboxylic acids is 1. The lowest BCUT2D eigenvalue weighted by molar-refractivity contribution is 0.104. The van der Waals surface area contributed by atoms with E-state index in [2.05, 4.69) is 18.0 Å². The summed E-state index contributed by atoms with van der Waals surface area (Å²) in [6.07, 6.45) is 2.70. The number of hydrogen-bond acceptors (Lipinski definition) is 1. The second-order valence-electron chi connectivity index (χ2n) is 4.70. The van der Waals surface area contributed by atoms with Crippen LogP contribution in [0.2, 0.25) is 5.02 Å².